The number of fused-ring (bicyclic) bond motifs is 4. The van der Waals surface area contributed by atoms with Crippen LogP contribution >= 0.6 is 0 Å². The third kappa shape index (κ3) is 3.52. The van der Waals surface area contributed by atoms with Crippen LogP contribution in [0.4, 0.5) is 0 Å². The number of ketones is 1. The monoisotopic (exact) mass is 463 g/mol. The highest BCUT2D eigenvalue weighted by Gasteiger charge is 2.40. The minimum Gasteiger partial charge on any atom is -0.490 e. The molecule has 33 heavy (non-hydrogen) atoms. The number of sulfonamides is 1. The summed E-state index contributed by atoms with van der Waals surface area (Å²) < 4.78 is 31.2. The van der Waals surface area contributed by atoms with Crippen molar-refractivity contribution in [3.63, 3.8) is 0 Å². The van der Waals surface area contributed by atoms with Crippen LogP contribution in [0.25, 0.3) is 10.9 Å². The first kappa shape index (κ1) is 21.7. The Morgan fingerprint density at radius 2 is 1.88 bits per heavy atom. The predicted molar refractivity (Wildman–Crippen MR) is 125 cm³/mol. The Balaban J connectivity index is 1.47. The van der Waals surface area contributed by atoms with Gasteiger partial charge in [0.25, 0.3) is 0 Å². The maximum atomic E-state index is 13.5. The van der Waals surface area contributed by atoms with Crippen LogP contribution in [-0.2, 0) is 15.4 Å². The lowest BCUT2D eigenvalue weighted by atomic mass is 9.71. The summed E-state index contributed by atoms with van der Waals surface area (Å²) >= 11 is 0. The van der Waals surface area contributed by atoms with Gasteiger partial charge < -0.3 is 9.72 Å². The quantitative estimate of drug-likeness (QED) is 0.638. The van der Waals surface area contributed by atoms with E-state index < -0.39 is 15.4 Å². The minimum atomic E-state index is -3.18. The lowest BCUT2D eigenvalue weighted by Crippen LogP contribution is -2.41. The molecule has 0 unspecified atom stereocenters. The zero-order valence-electron chi connectivity index (χ0n) is 18.8. The Kier molecular flexibility index (Phi) is 4.89. The molecule has 0 atom stereocenters. The highest BCUT2D eigenvalue weighted by Crippen LogP contribution is 2.44. The third-order valence-electron chi connectivity index (χ3n) is 6.86. The molecular formula is C25H25N3O4S. The summed E-state index contributed by atoms with van der Waals surface area (Å²) in [6.07, 6.45) is 2.41. The molecular weight excluding hydrogens is 438 g/mol. The van der Waals surface area contributed by atoms with Gasteiger partial charge in [-0.25, -0.2) is 12.7 Å². The van der Waals surface area contributed by atoms with E-state index in [1.807, 2.05) is 24.3 Å². The van der Waals surface area contributed by atoms with E-state index >= 15 is 0 Å². The zero-order chi connectivity index (χ0) is 23.5. The Hall–Kier alpha value is -3.15. The molecule has 1 aromatic heterocycles. The number of carbonyl (C=O) groups is 1. The molecule has 0 spiro atoms. The molecule has 8 heteroatoms. The second-order valence-corrected chi connectivity index (χ2v) is 11.4. The standard InChI is InChI=1S/C25H25N3O4S/c1-25(2)20-13-17(32-16-8-10-28(11-9-16)33(3,30)31)5-7-18(20)23(29)22-19-6-4-15(14-26)12-21(19)27-24(22)25/h4-7,12-13,16,27H,8-11H2,1-3H3. The summed E-state index contributed by atoms with van der Waals surface area (Å²) in [6, 6.07) is 13.1. The summed E-state index contributed by atoms with van der Waals surface area (Å²) in [7, 11) is -3.18. The van der Waals surface area contributed by atoms with E-state index in [0.717, 1.165) is 22.2 Å². The van der Waals surface area contributed by atoms with Gasteiger partial charge in [-0.2, -0.15) is 5.26 Å². The first-order valence-corrected chi connectivity index (χ1v) is 12.8. The number of nitriles is 1. The van der Waals surface area contributed by atoms with Crippen LogP contribution < -0.4 is 4.74 Å². The average Bonchev–Trinajstić information content (AvgIpc) is 3.17. The topological polar surface area (TPSA) is 103 Å². The smallest absolute Gasteiger partial charge is 0.211 e. The average molecular weight is 464 g/mol. The molecule has 1 fully saturated rings. The van der Waals surface area contributed by atoms with E-state index in [-0.39, 0.29) is 11.9 Å². The van der Waals surface area contributed by atoms with Crippen molar-refractivity contribution in [3.8, 4) is 11.8 Å². The molecule has 3 aromatic rings. The third-order valence-corrected chi connectivity index (χ3v) is 8.16. The summed E-state index contributed by atoms with van der Waals surface area (Å²) in [5.41, 5.74) is 3.89. The number of aromatic amines is 1. The van der Waals surface area contributed by atoms with Gasteiger partial charge >= 0.3 is 0 Å². The molecule has 5 rings (SSSR count). The molecule has 0 amide bonds. The minimum absolute atomic E-state index is 0.0386. The molecule has 7 nitrogen and oxygen atoms in total. The molecule has 170 valence electrons. The van der Waals surface area contributed by atoms with E-state index in [9.17, 15) is 18.5 Å². The van der Waals surface area contributed by atoms with Crippen LogP contribution in [0.1, 0.15) is 59.4 Å². The van der Waals surface area contributed by atoms with E-state index in [0.29, 0.717) is 48.4 Å². The number of rotatable bonds is 3. The number of nitrogens with zero attached hydrogens (tertiary/aromatic N) is 2. The van der Waals surface area contributed by atoms with Gasteiger partial charge in [0.15, 0.2) is 5.78 Å². The number of nitrogens with one attached hydrogen (secondary N) is 1. The maximum absolute atomic E-state index is 13.5. The summed E-state index contributed by atoms with van der Waals surface area (Å²) in [5.74, 6) is 0.641. The van der Waals surface area contributed by atoms with E-state index in [1.54, 1.807) is 12.1 Å². The Morgan fingerprint density at radius 1 is 1.15 bits per heavy atom. The molecule has 1 N–H and O–H groups in total. The Morgan fingerprint density at radius 3 is 2.55 bits per heavy atom. The number of ether oxygens (including phenoxy) is 1. The highest BCUT2D eigenvalue weighted by atomic mass is 32.2. The number of carbonyl (C=O) groups excluding carboxylic acids is 1. The largest absolute Gasteiger partial charge is 0.490 e. The fourth-order valence-corrected chi connectivity index (χ4v) is 5.90. The van der Waals surface area contributed by atoms with Gasteiger partial charge in [-0.1, -0.05) is 19.9 Å². The van der Waals surface area contributed by atoms with Gasteiger partial charge in [0, 0.05) is 40.7 Å². The molecule has 2 heterocycles. The van der Waals surface area contributed by atoms with Gasteiger partial charge in [-0.15, -0.1) is 0 Å². The highest BCUT2D eigenvalue weighted by molar-refractivity contribution is 7.88. The molecule has 2 aliphatic rings. The first-order valence-electron chi connectivity index (χ1n) is 11.0. The van der Waals surface area contributed by atoms with Crippen molar-refractivity contribution in [1.29, 1.82) is 5.26 Å². The van der Waals surface area contributed by atoms with E-state index in [4.69, 9.17) is 4.74 Å². The van der Waals surface area contributed by atoms with Crippen LogP contribution in [0, 0.1) is 11.3 Å². The van der Waals surface area contributed by atoms with Gasteiger partial charge in [0.1, 0.15) is 11.9 Å². The van der Waals surface area contributed by atoms with Gasteiger partial charge in [-0.3, -0.25) is 4.79 Å². The van der Waals surface area contributed by atoms with Crippen LogP contribution in [0.2, 0.25) is 0 Å². The van der Waals surface area contributed by atoms with Crippen LogP contribution in [0.5, 0.6) is 5.75 Å². The molecule has 1 aliphatic carbocycles. The normalized spacial score (nSPS) is 18.5. The molecule has 1 saturated heterocycles. The van der Waals surface area contributed by atoms with Crippen LogP contribution in [-0.4, -0.2) is 48.9 Å². The van der Waals surface area contributed by atoms with Gasteiger partial charge in [0.05, 0.1) is 23.5 Å². The van der Waals surface area contributed by atoms with Crippen LogP contribution in [0.3, 0.4) is 0 Å². The number of hydrogen-bond acceptors (Lipinski definition) is 5. The number of aromatic nitrogens is 1. The Labute approximate surface area is 193 Å². The summed E-state index contributed by atoms with van der Waals surface area (Å²) in [5, 5.41) is 10.1. The van der Waals surface area contributed by atoms with E-state index in [1.165, 1.54) is 10.6 Å². The molecule has 0 saturated carbocycles. The van der Waals surface area contributed by atoms with Crippen molar-refractivity contribution in [2.24, 2.45) is 0 Å². The van der Waals surface area contributed by atoms with Crippen molar-refractivity contribution in [2.45, 2.75) is 38.2 Å². The van der Waals surface area contributed by atoms with Crippen molar-refractivity contribution in [3.05, 3.63) is 64.3 Å². The second kappa shape index (κ2) is 7.44. The van der Waals surface area contributed by atoms with Crippen molar-refractivity contribution in [1.82, 2.24) is 9.29 Å². The molecule has 2 aromatic carbocycles. The number of hydrogen-bond donors (Lipinski definition) is 1. The fourth-order valence-electron chi connectivity index (χ4n) is 5.03. The van der Waals surface area contributed by atoms with Gasteiger partial charge in [0.2, 0.25) is 10.0 Å². The van der Waals surface area contributed by atoms with Crippen molar-refractivity contribution < 1.29 is 17.9 Å². The fraction of sp³-hybridized carbons (Fsp3) is 0.360. The number of piperidine rings is 1. The predicted octanol–water partition coefficient (Wildman–Crippen LogP) is 3.71. The SMILES string of the molecule is CC1(C)c2cc(OC3CCN(S(C)(=O)=O)CC3)ccc2C(=O)c2c1[nH]c1cc(C#N)ccc21. The number of H-pyrrole nitrogens is 1. The maximum Gasteiger partial charge on any atom is 0.211 e. The lowest BCUT2D eigenvalue weighted by molar-refractivity contribution is 0.103. The van der Waals surface area contributed by atoms with Crippen LogP contribution in [0.15, 0.2) is 36.4 Å². The van der Waals surface area contributed by atoms with Crippen molar-refractivity contribution in [2.75, 3.05) is 19.3 Å². The van der Waals surface area contributed by atoms with E-state index in [2.05, 4.69) is 24.9 Å². The summed E-state index contributed by atoms with van der Waals surface area (Å²) in [4.78, 5) is 16.9. The lowest BCUT2D eigenvalue weighted by Gasteiger charge is -2.33. The van der Waals surface area contributed by atoms with Crippen molar-refractivity contribution >= 4 is 26.7 Å². The molecule has 0 radical (unpaired) electrons. The van der Waals surface area contributed by atoms with Gasteiger partial charge in [-0.05, 0) is 48.7 Å². The first-order chi connectivity index (χ1) is 15.6. The number of benzene rings is 2. The zero-order valence-corrected chi connectivity index (χ0v) is 19.6. The molecule has 1 aliphatic heterocycles. The summed E-state index contributed by atoms with van der Waals surface area (Å²) in [6.45, 7) is 5.04. The second-order valence-electron chi connectivity index (χ2n) is 9.39. The molecule has 0 bridgehead atoms. The Bertz CT molecular complexity index is 1440.